The van der Waals surface area contributed by atoms with E-state index in [0.717, 1.165) is 0 Å². The van der Waals surface area contributed by atoms with Gasteiger partial charge in [-0.25, -0.2) is 0 Å². The third-order valence-corrected chi connectivity index (χ3v) is 9.18. The monoisotopic (exact) mass is 758 g/mol. The molecule has 9 nitrogen and oxygen atoms in total. The van der Waals surface area contributed by atoms with Crippen molar-refractivity contribution < 1.29 is 40.9 Å². The van der Waals surface area contributed by atoms with Crippen molar-refractivity contribution >= 4 is 58.1 Å². The molecular weight excluding hydrogens is 745 g/mol. The lowest BCUT2D eigenvalue weighted by molar-refractivity contribution is -0.387. The molecule has 0 saturated heterocycles. The van der Waals surface area contributed by atoms with Crippen LogP contribution in [0.3, 0.4) is 0 Å². The highest BCUT2D eigenvalue weighted by molar-refractivity contribution is 8.00. The van der Waals surface area contributed by atoms with Crippen LogP contribution in [0, 0.1) is 56.7 Å². The summed E-state index contributed by atoms with van der Waals surface area (Å²) in [5.41, 5.74) is -15.1. The lowest BCUT2D eigenvalue weighted by Crippen LogP contribution is -2.08. The van der Waals surface area contributed by atoms with Crippen LogP contribution >= 0.6 is 46.7 Å². The Labute approximate surface area is 290 Å². The molecule has 0 heterocycles. The van der Waals surface area contributed by atoms with Gasteiger partial charge in [-0.2, -0.15) is 36.9 Å². The van der Waals surface area contributed by atoms with Gasteiger partial charge in [0.1, 0.15) is 43.1 Å². The molecule has 0 amide bonds. The standard InChI is InChI=1S/C30H14Cl2F6N4O5S2/c1-13-3-7-15(8-4-13)19-17(11-39)25(21(31)27(23(19)41(43)44)48-29(33,34)35)47-26-18(12-40)20(16-9-5-14(2)6-10-16)24(42(45)46)28(22(26)32)49-30(36,37)38/h3-10H,1-2H3. The summed E-state index contributed by atoms with van der Waals surface area (Å²) in [5, 5.41) is 42.7. The Morgan fingerprint density at radius 3 is 1.22 bits per heavy atom. The molecule has 0 radical (unpaired) electrons. The van der Waals surface area contributed by atoms with Crippen LogP contribution in [0.2, 0.25) is 10.0 Å². The van der Waals surface area contributed by atoms with Crippen molar-refractivity contribution in [1.29, 1.82) is 10.5 Å². The smallest absolute Gasteiger partial charge is 0.446 e. The largest absolute Gasteiger partial charge is 0.451 e. The number of thioether (sulfide) groups is 2. The summed E-state index contributed by atoms with van der Waals surface area (Å²) in [6, 6.07) is 13.9. The van der Waals surface area contributed by atoms with Crippen molar-refractivity contribution in [3.8, 4) is 45.9 Å². The lowest BCUT2D eigenvalue weighted by atomic mass is 9.95. The van der Waals surface area contributed by atoms with E-state index < -0.39 is 109 Å². The number of halogens is 8. The Balaban J connectivity index is 2.24. The lowest BCUT2D eigenvalue weighted by Gasteiger charge is -2.21. The Hall–Kier alpha value is -4.68. The minimum Gasteiger partial charge on any atom is -0.451 e. The van der Waals surface area contributed by atoms with Gasteiger partial charge in [0.25, 0.3) is 11.4 Å². The number of nitro groups is 2. The maximum absolute atomic E-state index is 13.8. The second-order valence-electron chi connectivity index (χ2n) is 9.81. The zero-order chi connectivity index (χ0) is 36.6. The van der Waals surface area contributed by atoms with E-state index >= 15 is 0 Å². The first kappa shape index (κ1) is 37.1. The van der Waals surface area contributed by atoms with Crippen LogP contribution in [-0.2, 0) is 0 Å². The summed E-state index contributed by atoms with van der Waals surface area (Å²) in [4.78, 5) is 19.7. The highest BCUT2D eigenvalue weighted by Gasteiger charge is 2.43. The average molecular weight is 759 g/mol. The van der Waals surface area contributed by atoms with E-state index in [1.165, 1.54) is 48.5 Å². The van der Waals surface area contributed by atoms with E-state index in [2.05, 4.69) is 0 Å². The second-order valence-corrected chi connectivity index (χ2v) is 12.7. The molecule has 0 saturated carbocycles. The second kappa shape index (κ2) is 14.0. The van der Waals surface area contributed by atoms with Gasteiger partial charge in [0, 0.05) is 0 Å². The Bertz CT molecular complexity index is 1950. The first-order chi connectivity index (χ1) is 22.8. The van der Waals surface area contributed by atoms with Crippen LogP contribution in [0.25, 0.3) is 22.3 Å². The van der Waals surface area contributed by atoms with Crippen molar-refractivity contribution in [3.63, 3.8) is 0 Å². The third kappa shape index (κ3) is 7.81. The normalized spacial score (nSPS) is 11.5. The number of aryl methyl sites for hydroxylation is 2. The molecule has 0 bridgehead atoms. The molecular formula is C30H14Cl2F6N4O5S2. The molecule has 0 N–H and O–H groups in total. The summed E-state index contributed by atoms with van der Waals surface area (Å²) < 4.78 is 88.6. The highest BCUT2D eigenvalue weighted by Crippen LogP contribution is 2.58. The molecule has 19 heteroatoms. The first-order valence-electron chi connectivity index (χ1n) is 13.0. The van der Waals surface area contributed by atoms with E-state index in [-0.39, 0.29) is 11.1 Å². The van der Waals surface area contributed by atoms with E-state index in [9.17, 15) is 57.1 Å². The van der Waals surface area contributed by atoms with Crippen molar-refractivity contribution in [3.05, 3.63) is 101 Å². The molecule has 0 fully saturated rings. The van der Waals surface area contributed by atoms with Gasteiger partial charge in [0.15, 0.2) is 11.5 Å². The van der Waals surface area contributed by atoms with E-state index in [4.69, 9.17) is 27.9 Å². The summed E-state index contributed by atoms with van der Waals surface area (Å²) in [5.74, 6) is -2.11. The van der Waals surface area contributed by atoms with Crippen molar-refractivity contribution in [1.82, 2.24) is 0 Å². The number of alkyl halides is 6. The van der Waals surface area contributed by atoms with E-state index in [0.29, 0.717) is 11.1 Å². The molecule has 49 heavy (non-hydrogen) atoms. The van der Waals surface area contributed by atoms with Gasteiger partial charge in [0.05, 0.1) is 21.0 Å². The minimum atomic E-state index is -5.21. The molecule has 0 aromatic heterocycles. The summed E-state index contributed by atoms with van der Waals surface area (Å²) in [6.45, 7) is 3.26. The van der Waals surface area contributed by atoms with E-state index in [1.54, 1.807) is 26.0 Å². The molecule has 252 valence electrons. The van der Waals surface area contributed by atoms with Gasteiger partial charge in [-0.05, 0) is 48.5 Å². The molecule has 4 aromatic rings. The Morgan fingerprint density at radius 2 is 0.980 bits per heavy atom. The zero-order valence-electron chi connectivity index (χ0n) is 24.3. The number of ether oxygens (including phenoxy) is 1. The number of nitriles is 2. The summed E-state index contributed by atoms with van der Waals surface area (Å²) in [6.07, 6.45) is 0. The van der Waals surface area contributed by atoms with Crippen LogP contribution in [0.15, 0.2) is 58.3 Å². The van der Waals surface area contributed by atoms with Crippen LogP contribution in [0.1, 0.15) is 22.3 Å². The van der Waals surface area contributed by atoms with Crippen molar-refractivity contribution in [2.45, 2.75) is 34.7 Å². The van der Waals surface area contributed by atoms with Crippen LogP contribution in [0.5, 0.6) is 11.5 Å². The Morgan fingerprint density at radius 1 is 0.673 bits per heavy atom. The zero-order valence-corrected chi connectivity index (χ0v) is 27.4. The molecule has 0 aliphatic carbocycles. The van der Waals surface area contributed by atoms with Crippen LogP contribution in [-0.4, -0.2) is 20.9 Å². The van der Waals surface area contributed by atoms with Gasteiger partial charge in [-0.1, -0.05) is 82.9 Å². The molecule has 0 aliphatic heterocycles. The number of benzene rings is 4. The fraction of sp³-hybridized carbons (Fsp3) is 0.133. The maximum Gasteiger partial charge on any atom is 0.446 e. The predicted octanol–water partition coefficient (Wildman–Crippen LogP) is 11.5. The number of hydrogen-bond donors (Lipinski definition) is 0. The molecule has 0 atom stereocenters. The fourth-order valence-electron chi connectivity index (χ4n) is 4.60. The molecule has 4 aromatic carbocycles. The third-order valence-electron chi connectivity index (χ3n) is 6.56. The van der Waals surface area contributed by atoms with Gasteiger partial charge >= 0.3 is 11.0 Å². The molecule has 0 spiro atoms. The van der Waals surface area contributed by atoms with Gasteiger partial charge in [0.2, 0.25) is 0 Å². The minimum absolute atomic E-state index is 0.150. The summed E-state index contributed by atoms with van der Waals surface area (Å²) >= 11 is 10.6. The van der Waals surface area contributed by atoms with E-state index in [1.807, 2.05) is 0 Å². The first-order valence-corrected chi connectivity index (χ1v) is 15.4. The van der Waals surface area contributed by atoms with Crippen molar-refractivity contribution in [2.24, 2.45) is 0 Å². The topological polar surface area (TPSA) is 143 Å². The summed E-state index contributed by atoms with van der Waals surface area (Å²) in [7, 11) is 0. The van der Waals surface area contributed by atoms with Crippen LogP contribution in [0.4, 0.5) is 37.7 Å². The van der Waals surface area contributed by atoms with Gasteiger partial charge in [-0.3, -0.25) is 20.2 Å². The van der Waals surface area contributed by atoms with Gasteiger partial charge in [-0.15, -0.1) is 0 Å². The van der Waals surface area contributed by atoms with Gasteiger partial charge < -0.3 is 4.74 Å². The molecule has 4 rings (SSSR count). The molecule has 0 aliphatic rings. The highest BCUT2D eigenvalue weighted by atomic mass is 35.5. The fourth-order valence-corrected chi connectivity index (χ4v) is 6.65. The maximum atomic E-state index is 13.8. The SMILES string of the molecule is Cc1ccc(-c2c(C#N)c(Oc3c(Cl)c(SC(F)(F)F)c([N+](=O)[O-])c(-c4ccc(C)cc4)c3C#N)c(Cl)c(SC(F)(F)F)c2[N+](=O)[O-])cc1. The number of rotatable bonds is 8. The predicted molar refractivity (Wildman–Crippen MR) is 170 cm³/mol. The number of nitro benzene ring substituents is 2. The molecule has 0 unspecified atom stereocenters. The Kier molecular flexibility index (Phi) is 10.6. The van der Waals surface area contributed by atoms with Crippen LogP contribution < -0.4 is 4.74 Å². The number of hydrogen-bond acceptors (Lipinski definition) is 9. The van der Waals surface area contributed by atoms with Crippen molar-refractivity contribution in [2.75, 3.05) is 0 Å². The average Bonchev–Trinajstić information content (AvgIpc) is 2.99. The number of nitrogens with zero attached hydrogens (tertiary/aromatic N) is 4. The quantitative estimate of drug-likeness (QED) is 0.0742.